The minimum absolute atomic E-state index is 0.157. The Kier molecular flexibility index (Phi) is 11.9. The summed E-state index contributed by atoms with van der Waals surface area (Å²) in [6.45, 7) is -1.22. The number of fused-ring (bicyclic) bond motifs is 15. The zero-order chi connectivity index (χ0) is 63.0. The number of aliphatic hydroxyl groups excluding tert-OH is 1. The first-order valence-corrected chi connectivity index (χ1v) is 25.6. The summed E-state index contributed by atoms with van der Waals surface area (Å²) in [5.41, 5.74) is -13.1. The van der Waals surface area contributed by atoms with Gasteiger partial charge < -0.3 is 135 Å². The molecule has 4 bridgehead atoms. The van der Waals surface area contributed by atoms with Gasteiger partial charge in [-0.05, 0) is 42.5 Å². The highest BCUT2D eigenvalue weighted by molar-refractivity contribution is 6.08. The van der Waals surface area contributed by atoms with E-state index < -0.39 is 262 Å². The van der Waals surface area contributed by atoms with Gasteiger partial charge in [0.1, 0.15) is 42.2 Å². The molecule has 88 heavy (non-hydrogen) atoms. The van der Waals surface area contributed by atoms with Gasteiger partial charge in [0, 0.05) is 46.4 Å². The number of hydrogen-bond acceptors (Lipinski definition) is 32. The Hall–Kier alpha value is -11.2. The summed E-state index contributed by atoms with van der Waals surface area (Å²) in [4.78, 5) is 72.4. The average molecular weight is 1220 g/mol. The van der Waals surface area contributed by atoms with Crippen molar-refractivity contribution in [2.24, 2.45) is 0 Å². The second-order valence-corrected chi connectivity index (χ2v) is 21.1. The number of esters is 5. The number of carbonyl (C=O) groups excluding carboxylic acids is 5. The highest BCUT2D eigenvalue weighted by atomic mass is 16.7. The lowest BCUT2D eigenvalue weighted by Gasteiger charge is -2.49. The molecule has 6 aromatic carbocycles. The molecule has 0 spiro atoms. The smallest absolute Gasteiger partial charge is 0.341 e. The Morgan fingerprint density at radius 3 is 1.80 bits per heavy atom. The Morgan fingerprint density at radius 1 is 0.557 bits per heavy atom. The van der Waals surface area contributed by atoms with Crippen LogP contribution in [0, 0.1) is 0 Å². The first-order chi connectivity index (χ1) is 41.5. The molecule has 0 saturated carbocycles. The number of cyclic esters (lactones) is 1. The second kappa shape index (κ2) is 18.7. The number of rotatable bonds is 3. The topological polar surface area (TPSA) is 533 Å². The van der Waals surface area contributed by atoms with Crippen LogP contribution in [0.1, 0.15) is 75.7 Å². The van der Waals surface area contributed by atoms with Crippen molar-refractivity contribution >= 4 is 29.8 Å². The lowest BCUT2D eigenvalue weighted by Crippen LogP contribution is -2.70. The third-order valence-electron chi connectivity index (χ3n) is 16.1. The molecular formula is C56H40O32. The van der Waals surface area contributed by atoms with Gasteiger partial charge in [-0.1, -0.05) is 6.07 Å². The monoisotopic (exact) mass is 1220 g/mol. The molecule has 0 aromatic heterocycles. The van der Waals surface area contributed by atoms with Gasteiger partial charge in [0.05, 0.1) is 39.3 Å². The first kappa shape index (κ1) is 56.0. The van der Waals surface area contributed by atoms with E-state index in [-0.39, 0.29) is 5.56 Å². The minimum atomic E-state index is -3.84. The van der Waals surface area contributed by atoms with Crippen LogP contribution >= 0.6 is 0 Å². The number of aliphatic hydroxyl groups is 4. The van der Waals surface area contributed by atoms with Crippen molar-refractivity contribution in [2.45, 2.75) is 72.4 Å². The summed E-state index contributed by atoms with van der Waals surface area (Å²) in [7, 11) is 0. The number of phenols is 14. The molecular weight excluding hydrogens is 1180 g/mol. The van der Waals surface area contributed by atoms with Crippen LogP contribution < -0.4 is 14.2 Å². The van der Waals surface area contributed by atoms with Crippen molar-refractivity contribution in [1.82, 2.24) is 0 Å². The van der Waals surface area contributed by atoms with Crippen LogP contribution in [0.25, 0.3) is 11.1 Å². The zero-order valence-corrected chi connectivity index (χ0v) is 43.6. The summed E-state index contributed by atoms with van der Waals surface area (Å²) in [5.74, 6) is -37.0. The molecule has 1 fully saturated rings. The maximum atomic E-state index is 15.3. The van der Waals surface area contributed by atoms with Crippen molar-refractivity contribution in [1.29, 1.82) is 0 Å². The van der Waals surface area contributed by atoms with Gasteiger partial charge in [0.25, 0.3) is 11.6 Å². The molecule has 6 aliphatic heterocycles. The van der Waals surface area contributed by atoms with Gasteiger partial charge >= 0.3 is 29.8 Å². The van der Waals surface area contributed by atoms with Crippen LogP contribution in [-0.4, -0.2) is 177 Å². The third-order valence-corrected chi connectivity index (χ3v) is 16.1. The number of phenolic OH excluding ortho intramolecular Hbond substituents is 14. The summed E-state index contributed by atoms with van der Waals surface area (Å²) in [5, 5.41) is 203. The Bertz CT molecular complexity index is 4210. The van der Waals surface area contributed by atoms with E-state index in [1.165, 1.54) is 0 Å². The maximum Gasteiger partial charge on any atom is 0.341 e. The number of aromatic hydroxyl groups is 14. The van der Waals surface area contributed by atoms with Gasteiger partial charge in [-0.15, -0.1) is 0 Å². The normalized spacial score (nSPS) is 27.9. The summed E-state index contributed by atoms with van der Waals surface area (Å²) in [6.07, 6.45) is -15.8. The largest absolute Gasteiger partial charge is 0.507 e. The highest BCUT2D eigenvalue weighted by Gasteiger charge is 2.80. The molecule has 0 radical (unpaired) electrons. The van der Waals surface area contributed by atoms with E-state index in [0.717, 1.165) is 24.3 Å². The molecule has 6 heterocycles. The van der Waals surface area contributed by atoms with Gasteiger partial charge in [0.15, 0.2) is 81.6 Å². The maximum absolute atomic E-state index is 15.3. The van der Waals surface area contributed by atoms with Crippen LogP contribution in [0.4, 0.5) is 0 Å². The van der Waals surface area contributed by atoms with E-state index in [1.807, 2.05) is 0 Å². The van der Waals surface area contributed by atoms with E-state index in [0.29, 0.717) is 36.4 Å². The lowest BCUT2D eigenvalue weighted by atomic mass is 9.65. The summed E-state index contributed by atoms with van der Waals surface area (Å²) in [6, 6.07) is 6.60. The van der Waals surface area contributed by atoms with Crippen molar-refractivity contribution in [2.75, 3.05) is 6.61 Å². The summed E-state index contributed by atoms with van der Waals surface area (Å²) < 4.78 is 52.5. The van der Waals surface area contributed by atoms with Crippen molar-refractivity contribution in [3.63, 3.8) is 0 Å². The van der Waals surface area contributed by atoms with E-state index >= 15 is 4.79 Å². The summed E-state index contributed by atoms with van der Waals surface area (Å²) >= 11 is 0. The van der Waals surface area contributed by atoms with Crippen molar-refractivity contribution in [3.05, 3.63) is 111 Å². The molecule has 1 unspecified atom stereocenters. The van der Waals surface area contributed by atoms with E-state index in [1.54, 1.807) is 0 Å². The van der Waals surface area contributed by atoms with Crippen molar-refractivity contribution in [3.8, 4) is 109 Å². The lowest BCUT2D eigenvalue weighted by molar-refractivity contribution is -0.345. The fourth-order valence-corrected chi connectivity index (χ4v) is 12.0. The fourth-order valence-electron chi connectivity index (χ4n) is 12.0. The quantitative estimate of drug-likeness (QED) is 0.0661. The fraction of sp³-hybridized carbons (Fsp3) is 0.232. The van der Waals surface area contributed by atoms with E-state index in [9.17, 15) is 111 Å². The van der Waals surface area contributed by atoms with Crippen LogP contribution in [0.3, 0.4) is 0 Å². The minimum Gasteiger partial charge on any atom is -0.507 e. The predicted molar refractivity (Wildman–Crippen MR) is 273 cm³/mol. The number of benzene rings is 6. The number of carbonyl (C=O) groups is 5. The Balaban J connectivity index is 0.962. The molecule has 1 saturated heterocycles. The standard InChI is InChI=1S/C56H40O32/c57-20-2-1-13(3-22(20)59)43-29(81-48(72)14-4-23(60)36(65)24(61)5-14)9-15-21(58)10-28-35(44(15)83-43)55(78)54(77,87-28)11-19-34-33-18(8-27(64)39(68)46(33)88-56(34,55)79)50(74)84-45-30-12-80-49(73)16-6-25(62)37(66)40(69)31(16)32-17(7-26(63)38(67)41(32)70)51(75)86-53(82-30)47(42(45)71)85-52(19)76/h1-8,10-11,29-30,34,42-43,45,47,53,57-71,77-79H,9,12H2/t29-,30-,34-,42+,43-,45-,47-,53+,54+,55-,56?/m1/s1. The highest BCUT2D eigenvalue weighted by Crippen LogP contribution is 2.70. The van der Waals surface area contributed by atoms with Gasteiger partial charge in [-0.2, -0.15) is 0 Å². The van der Waals surface area contributed by atoms with E-state index in [2.05, 4.69) is 0 Å². The van der Waals surface area contributed by atoms with E-state index in [4.69, 9.17) is 42.6 Å². The Morgan fingerprint density at radius 2 is 1.15 bits per heavy atom. The molecule has 18 N–H and O–H groups in total. The third kappa shape index (κ3) is 7.58. The molecule has 7 aliphatic rings. The number of hydrogen-bond donors (Lipinski definition) is 18. The van der Waals surface area contributed by atoms with Crippen molar-refractivity contribution < 1.29 is 159 Å². The van der Waals surface area contributed by atoms with Crippen LogP contribution in [-0.2, 0) is 45.2 Å². The predicted octanol–water partition coefficient (Wildman–Crippen LogP) is 0.771. The average Bonchev–Trinajstić information content (AvgIpc) is 1.47. The second-order valence-electron chi connectivity index (χ2n) is 21.1. The van der Waals surface area contributed by atoms with Crippen LogP contribution in [0.15, 0.2) is 66.2 Å². The van der Waals surface area contributed by atoms with Crippen LogP contribution in [0.2, 0.25) is 0 Å². The van der Waals surface area contributed by atoms with Gasteiger partial charge in [-0.3, -0.25) is 0 Å². The first-order valence-electron chi connectivity index (χ1n) is 25.6. The molecule has 13 rings (SSSR count). The number of ether oxygens (including phenoxy) is 9. The SMILES string of the molecule is O=C1O[C@H]2[C@@H]3OC(=O)c4cc(O)c(O)c(O)c4-c4c(cc(O)c(O)c4O)C(=O)OC[C@@H](O3)[C@@H](OC(=O)c3cc(O)c(O)c4c3[C@H]3C1=C[C@]1(O)Oc5cc(O)c6c(c5[C@]1(O)C3(O)O4)O[C@H](c1ccc(O)c(O)c1)[C@H](OC(=O)c1cc(O)c(O)c(O)c1)C6)[C@@H]2O. The van der Waals surface area contributed by atoms with Crippen LogP contribution in [0.5, 0.6) is 97.7 Å². The molecule has 11 atom stereocenters. The molecule has 32 heteroatoms. The Labute approximate surface area is 485 Å². The molecule has 0 amide bonds. The van der Waals surface area contributed by atoms with Gasteiger partial charge in [-0.25, -0.2) is 24.0 Å². The zero-order valence-electron chi connectivity index (χ0n) is 43.6. The molecule has 456 valence electrons. The molecule has 1 aliphatic carbocycles. The van der Waals surface area contributed by atoms with Gasteiger partial charge in [0.2, 0.25) is 29.1 Å². The molecule has 6 aromatic rings. The molecule has 32 nitrogen and oxygen atoms in total.